The maximum atomic E-state index is 13.0. The van der Waals surface area contributed by atoms with Crippen LogP contribution in [0.2, 0.25) is 0 Å². The predicted octanol–water partition coefficient (Wildman–Crippen LogP) is 4.21. The van der Waals surface area contributed by atoms with Gasteiger partial charge in [-0.2, -0.15) is 0 Å². The average Bonchev–Trinajstić information content (AvgIpc) is 2.73. The van der Waals surface area contributed by atoms with Crippen molar-refractivity contribution in [1.29, 1.82) is 0 Å². The Morgan fingerprint density at radius 2 is 1.90 bits per heavy atom. The minimum Gasteiger partial charge on any atom is -0.452 e. The first-order valence-electron chi connectivity index (χ1n) is 10.9. The zero-order chi connectivity index (χ0) is 20.4. The Balaban J connectivity index is 1.49. The lowest BCUT2D eigenvalue weighted by molar-refractivity contribution is -0.125. The van der Waals surface area contributed by atoms with E-state index in [0.717, 1.165) is 60.7 Å². The standard InChI is InChI=1S/C24H30N2O3/c1-15-8-7-13-19(16(15)2)26-22(27)14-29-24(28)23-17-9-3-5-11-20(17)25-21-12-6-4-10-18(21)23/h3,5,9,11,15-16,19H,4,6-8,10,12-14H2,1-2H3,(H,26,27)/t15-,16+,19+/m0/s1. The van der Waals surface area contributed by atoms with Crippen molar-refractivity contribution in [3.05, 3.63) is 41.1 Å². The zero-order valence-corrected chi connectivity index (χ0v) is 17.4. The number of ether oxygens (including phenoxy) is 1. The van der Waals surface area contributed by atoms with Crippen molar-refractivity contribution >= 4 is 22.8 Å². The SMILES string of the molecule is C[C@@H]1[C@@H](C)CCC[C@H]1NC(=O)COC(=O)c1c2c(nc3ccccc13)CCCC2. The molecule has 3 atom stereocenters. The van der Waals surface area contributed by atoms with E-state index in [4.69, 9.17) is 9.72 Å². The van der Waals surface area contributed by atoms with Crippen LogP contribution in [0.25, 0.3) is 10.9 Å². The molecule has 1 N–H and O–H groups in total. The molecule has 1 amide bonds. The molecule has 1 saturated carbocycles. The summed E-state index contributed by atoms with van der Waals surface area (Å²) in [5, 5.41) is 3.89. The number of pyridine rings is 1. The molecule has 2 aromatic rings. The maximum absolute atomic E-state index is 13.0. The molecule has 1 aromatic heterocycles. The van der Waals surface area contributed by atoms with E-state index in [9.17, 15) is 9.59 Å². The zero-order valence-electron chi connectivity index (χ0n) is 17.4. The number of fused-ring (bicyclic) bond motifs is 2. The lowest BCUT2D eigenvalue weighted by Crippen LogP contribution is -2.45. The number of hydrogen-bond acceptors (Lipinski definition) is 4. The molecule has 5 heteroatoms. The fraction of sp³-hybridized carbons (Fsp3) is 0.542. The first kappa shape index (κ1) is 19.9. The van der Waals surface area contributed by atoms with E-state index in [1.807, 2.05) is 24.3 Å². The highest BCUT2D eigenvalue weighted by atomic mass is 16.5. The number of carbonyl (C=O) groups excluding carboxylic acids is 2. The second kappa shape index (κ2) is 8.52. The third-order valence-electron chi connectivity index (χ3n) is 6.76. The third kappa shape index (κ3) is 4.14. The predicted molar refractivity (Wildman–Crippen MR) is 113 cm³/mol. The van der Waals surface area contributed by atoms with Crippen molar-refractivity contribution in [3.63, 3.8) is 0 Å². The maximum Gasteiger partial charge on any atom is 0.339 e. The highest BCUT2D eigenvalue weighted by molar-refractivity contribution is 6.05. The van der Waals surface area contributed by atoms with Crippen LogP contribution in [0.5, 0.6) is 0 Å². The molecule has 0 radical (unpaired) electrons. The average molecular weight is 395 g/mol. The van der Waals surface area contributed by atoms with Gasteiger partial charge in [0.25, 0.3) is 5.91 Å². The topological polar surface area (TPSA) is 68.3 Å². The number of benzene rings is 1. The smallest absolute Gasteiger partial charge is 0.339 e. The van der Waals surface area contributed by atoms with Gasteiger partial charge < -0.3 is 10.1 Å². The number of aryl methyl sites for hydroxylation is 1. The monoisotopic (exact) mass is 394 g/mol. The van der Waals surface area contributed by atoms with Gasteiger partial charge in [0.1, 0.15) is 0 Å². The lowest BCUT2D eigenvalue weighted by Gasteiger charge is -2.34. The van der Waals surface area contributed by atoms with E-state index in [0.29, 0.717) is 17.4 Å². The van der Waals surface area contributed by atoms with Gasteiger partial charge in [-0.3, -0.25) is 9.78 Å². The Morgan fingerprint density at radius 3 is 2.76 bits per heavy atom. The molecule has 0 aliphatic heterocycles. The van der Waals surface area contributed by atoms with Crippen molar-refractivity contribution in [2.75, 3.05) is 6.61 Å². The van der Waals surface area contributed by atoms with Gasteiger partial charge in [0.2, 0.25) is 0 Å². The number of carbonyl (C=O) groups is 2. The van der Waals surface area contributed by atoms with Crippen molar-refractivity contribution in [1.82, 2.24) is 10.3 Å². The molecule has 154 valence electrons. The summed E-state index contributed by atoms with van der Waals surface area (Å²) in [6.45, 7) is 4.19. The highest BCUT2D eigenvalue weighted by Crippen LogP contribution is 2.31. The Bertz CT molecular complexity index is 924. The molecular formula is C24H30N2O3. The van der Waals surface area contributed by atoms with Gasteiger partial charge >= 0.3 is 5.97 Å². The quantitative estimate of drug-likeness (QED) is 0.789. The van der Waals surface area contributed by atoms with E-state index in [1.165, 1.54) is 6.42 Å². The van der Waals surface area contributed by atoms with E-state index in [1.54, 1.807) is 0 Å². The molecule has 4 rings (SSSR count). The van der Waals surface area contributed by atoms with Gasteiger partial charge in [0.15, 0.2) is 6.61 Å². The summed E-state index contributed by atoms with van der Waals surface area (Å²) in [7, 11) is 0. The van der Waals surface area contributed by atoms with Gasteiger partial charge in [0, 0.05) is 17.1 Å². The lowest BCUT2D eigenvalue weighted by atomic mass is 9.78. The fourth-order valence-corrected chi connectivity index (χ4v) is 4.84. The van der Waals surface area contributed by atoms with Crippen LogP contribution in [0.3, 0.4) is 0 Å². The highest BCUT2D eigenvalue weighted by Gasteiger charge is 2.29. The van der Waals surface area contributed by atoms with E-state index in [2.05, 4.69) is 19.2 Å². The molecule has 0 saturated heterocycles. The molecule has 0 unspecified atom stereocenters. The van der Waals surface area contributed by atoms with Crippen LogP contribution >= 0.6 is 0 Å². The molecule has 29 heavy (non-hydrogen) atoms. The summed E-state index contributed by atoms with van der Waals surface area (Å²) < 4.78 is 5.49. The fourth-order valence-electron chi connectivity index (χ4n) is 4.84. The first-order valence-corrected chi connectivity index (χ1v) is 10.9. The summed E-state index contributed by atoms with van der Waals surface area (Å²) in [4.78, 5) is 30.2. The largest absolute Gasteiger partial charge is 0.452 e. The number of hydrogen-bond donors (Lipinski definition) is 1. The Morgan fingerprint density at radius 1 is 1.10 bits per heavy atom. The first-order chi connectivity index (χ1) is 14.0. The molecule has 2 aliphatic carbocycles. The van der Waals surface area contributed by atoms with E-state index < -0.39 is 5.97 Å². The number of nitrogens with zero attached hydrogens (tertiary/aromatic N) is 1. The van der Waals surface area contributed by atoms with Crippen molar-refractivity contribution in [2.45, 2.75) is 64.8 Å². The van der Waals surface area contributed by atoms with Crippen LogP contribution in [0.15, 0.2) is 24.3 Å². The number of aromatic nitrogens is 1. The minimum absolute atomic E-state index is 0.166. The van der Waals surface area contributed by atoms with Crippen LogP contribution in [0, 0.1) is 11.8 Å². The van der Waals surface area contributed by atoms with Crippen LogP contribution in [-0.2, 0) is 22.4 Å². The summed E-state index contributed by atoms with van der Waals surface area (Å²) >= 11 is 0. The Hall–Kier alpha value is -2.43. The van der Waals surface area contributed by atoms with Crippen LogP contribution in [0.1, 0.15) is 67.6 Å². The Kier molecular flexibility index (Phi) is 5.84. The van der Waals surface area contributed by atoms with Crippen molar-refractivity contribution in [2.24, 2.45) is 11.8 Å². The molecule has 5 nitrogen and oxygen atoms in total. The molecule has 1 heterocycles. The number of amides is 1. The molecular weight excluding hydrogens is 364 g/mol. The van der Waals surface area contributed by atoms with Gasteiger partial charge in [-0.1, -0.05) is 44.9 Å². The van der Waals surface area contributed by atoms with Crippen LogP contribution in [-0.4, -0.2) is 29.5 Å². The number of esters is 1. The second-order valence-electron chi connectivity index (χ2n) is 8.65. The van der Waals surface area contributed by atoms with Crippen LogP contribution in [0.4, 0.5) is 0 Å². The van der Waals surface area contributed by atoms with Gasteiger partial charge in [-0.25, -0.2) is 4.79 Å². The normalized spacial score (nSPS) is 24.0. The van der Waals surface area contributed by atoms with Gasteiger partial charge in [-0.15, -0.1) is 0 Å². The van der Waals surface area contributed by atoms with Crippen LogP contribution < -0.4 is 5.32 Å². The molecule has 1 fully saturated rings. The molecule has 1 aromatic carbocycles. The van der Waals surface area contributed by atoms with Crippen molar-refractivity contribution in [3.8, 4) is 0 Å². The third-order valence-corrected chi connectivity index (χ3v) is 6.76. The van der Waals surface area contributed by atoms with E-state index in [-0.39, 0.29) is 18.6 Å². The van der Waals surface area contributed by atoms with Gasteiger partial charge in [-0.05, 0) is 55.6 Å². The second-order valence-corrected chi connectivity index (χ2v) is 8.65. The van der Waals surface area contributed by atoms with Gasteiger partial charge in [0.05, 0.1) is 11.1 Å². The summed E-state index contributed by atoms with van der Waals surface area (Å²) in [6, 6.07) is 7.85. The summed E-state index contributed by atoms with van der Waals surface area (Å²) in [6.07, 6.45) is 7.19. The number of rotatable bonds is 4. The summed E-state index contributed by atoms with van der Waals surface area (Å²) in [5.74, 6) is 0.421. The molecule has 0 spiro atoms. The molecule has 2 aliphatic rings. The minimum atomic E-state index is -0.415. The summed E-state index contributed by atoms with van der Waals surface area (Å²) in [5.41, 5.74) is 3.40. The van der Waals surface area contributed by atoms with Crippen molar-refractivity contribution < 1.29 is 14.3 Å². The number of para-hydroxylation sites is 1. The Labute approximate surface area is 172 Å². The molecule has 0 bridgehead atoms. The van der Waals surface area contributed by atoms with E-state index >= 15 is 0 Å². The number of nitrogens with one attached hydrogen (secondary N) is 1.